The zero-order chi connectivity index (χ0) is 35.1. The Balaban J connectivity index is 0.000000319. The van der Waals surface area contributed by atoms with E-state index in [0.717, 1.165) is 11.4 Å². The second-order valence-electron chi connectivity index (χ2n) is 8.33. The number of halogens is 2. The molecule has 0 aromatic heterocycles. The van der Waals surface area contributed by atoms with Crippen molar-refractivity contribution in [1.82, 2.24) is 0 Å². The van der Waals surface area contributed by atoms with Gasteiger partial charge in [-0.2, -0.15) is 0 Å². The summed E-state index contributed by atoms with van der Waals surface area (Å²) in [5.41, 5.74) is 5.81. The van der Waals surface area contributed by atoms with Gasteiger partial charge in [0.15, 0.2) is 0 Å². The molecule has 20 heteroatoms. The lowest BCUT2D eigenvalue weighted by atomic mass is 10.2. The Bertz CT molecular complexity index is 1420. The summed E-state index contributed by atoms with van der Waals surface area (Å²) >= 11 is 4.54. The topological polar surface area (TPSA) is 308 Å². The molecule has 4 aromatic carbocycles. The third-order valence-electron chi connectivity index (χ3n) is 4.95. The number of carboxylic acids is 2. The molecular weight excluding hydrogens is 842 g/mol. The molecule has 0 heterocycles. The van der Waals surface area contributed by atoms with Gasteiger partial charge >= 0.3 is 0 Å². The van der Waals surface area contributed by atoms with Gasteiger partial charge in [0.25, 0.3) is 22.7 Å². The molecular formula is C26H20I2N6O12. The van der Waals surface area contributed by atoms with Gasteiger partial charge in [-0.05, 0) is 93.7 Å². The maximum absolute atomic E-state index is 10.4. The first-order chi connectivity index (χ1) is 21.4. The molecule has 4 rings (SSSR count). The van der Waals surface area contributed by atoms with Crippen LogP contribution < -0.4 is 21.7 Å². The number of hydrogen-bond acceptors (Lipinski definition) is 12. The quantitative estimate of drug-likeness (QED) is 0.160. The first-order valence-corrected chi connectivity index (χ1v) is 14.0. The van der Waals surface area contributed by atoms with E-state index < -0.39 is 65.5 Å². The number of rotatable bonds is 6. The van der Waals surface area contributed by atoms with E-state index in [2.05, 4.69) is 56.6 Å². The van der Waals surface area contributed by atoms with Gasteiger partial charge in [-0.1, -0.05) is 0 Å². The maximum atomic E-state index is 10.4. The van der Waals surface area contributed by atoms with Crippen LogP contribution in [0.1, 0.15) is 20.7 Å². The monoisotopic (exact) mass is 862 g/mol. The first-order valence-electron chi connectivity index (χ1n) is 11.9. The molecule has 0 amide bonds. The van der Waals surface area contributed by atoms with Crippen LogP contribution in [0.3, 0.4) is 0 Å². The number of aromatic carboxylic acids is 2. The zero-order valence-electron chi connectivity index (χ0n) is 22.9. The third-order valence-corrected chi connectivity index (χ3v) is 6.38. The highest BCUT2D eigenvalue weighted by Crippen LogP contribution is 2.23. The fourth-order valence-corrected chi connectivity index (χ4v) is 3.54. The van der Waals surface area contributed by atoms with E-state index in [1.165, 1.54) is 7.14 Å². The van der Waals surface area contributed by atoms with Gasteiger partial charge in [-0.25, -0.2) is 0 Å². The van der Waals surface area contributed by atoms with Crippen LogP contribution in [-0.4, -0.2) is 31.6 Å². The summed E-state index contributed by atoms with van der Waals surface area (Å²) in [4.78, 5) is 58.4. The molecule has 0 fully saturated rings. The average molecular weight is 862 g/mol. The van der Waals surface area contributed by atoms with Crippen LogP contribution in [0.4, 0.5) is 34.1 Å². The predicted molar refractivity (Wildman–Crippen MR) is 172 cm³/mol. The second-order valence-corrected chi connectivity index (χ2v) is 10.8. The van der Waals surface area contributed by atoms with Crippen LogP contribution >= 0.6 is 45.2 Å². The lowest BCUT2D eigenvalue weighted by molar-refractivity contribution is -0.394. The van der Waals surface area contributed by atoms with Crippen molar-refractivity contribution in [3.63, 3.8) is 0 Å². The van der Waals surface area contributed by atoms with Crippen LogP contribution in [0, 0.1) is 47.6 Å². The minimum atomic E-state index is -1.71. The Morgan fingerprint density at radius 2 is 0.696 bits per heavy atom. The molecule has 0 spiro atoms. The molecule has 0 saturated carbocycles. The Hall–Kier alpha value is -5.20. The number of carbonyl (C=O) groups excluding carboxylic acids is 2. The average Bonchev–Trinajstić information content (AvgIpc) is 3.00. The highest BCUT2D eigenvalue weighted by atomic mass is 127. The molecule has 6 N–H and O–H groups in total. The van der Waals surface area contributed by atoms with Crippen LogP contribution in [0.25, 0.3) is 0 Å². The number of carboxylic acid groups (broad SMARTS) is 2. The summed E-state index contributed by atoms with van der Waals surface area (Å²) < 4.78 is 2.52. The van der Waals surface area contributed by atoms with E-state index in [1.54, 1.807) is 0 Å². The van der Waals surface area contributed by atoms with E-state index in [0.29, 0.717) is 36.4 Å². The number of carbonyl (C=O) groups is 2. The van der Waals surface area contributed by atoms with Gasteiger partial charge in [0.1, 0.15) is 11.4 Å². The normalized spacial score (nSPS) is 9.48. The fourth-order valence-electron chi connectivity index (χ4n) is 2.82. The van der Waals surface area contributed by atoms with Crippen LogP contribution in [0.5, 0.6) is 0 Å². The highest BCUT2D eigenvalue weighted by Gasteiger charge is 2.17. The van der Waals surface area contributed by atoms with Crippen molar-refractivity contribution in [2.75, 3.05) is 0 Å². The van der Waals surface area contributed by atoms with Gasteiger partial charge < -0.3 is 31.3 Å². The van der Waals surface area contributed by atoms with Crippen molar-refractivity contribution < 1.29 is 51.0 Å². The maximum Gasteiger partial charge on any atom is 0.276 e. The molecule has 0 bridgehead atoms. The minimum Gasteiger partial charge on any atom is -0.545 e. The number of quaternary nitrogens is 2. The van der Waals surface area contributed by atoms with Crippen LogP contribution in [0.15, 0.2) is 84.9 Å². The van der Waals surface area contributed by atoms with E-state index in [-0.39, 0.29) is 0 Å². The van der Waals surface area contributed by atoms with Crippen LogP contribution in [0.2, 0.25) is 0 Å². The molecule has 18 nitrogen and oxygen atoms in total. The van der Waals surface area contributed by atoms with Gasteiger partial charge in [-0.3, -0.25) is 40.5 Å². The molecule has 240 valence electrons. The van der Waals surface area contributed by atoms with Gasteiger partial charge in [0.05, 0.1) is 43.8 Å². The Labute approximate surface area is 284 Å². The number of non-ortho nitro benzene ring substituents is 4. The largest absolute Gasteiger partial charge is 0.545 e. The number of nitro benzene ring substituents is 4. The zero-order valence-corrected chi connectivity index (χ0v) is 27.3. The van der Waals surface area contributed by atoms with Crippen molar-refractivity contribution in [3.8, 4) is 0 Å². The van der Waals surface area contributed by atoms with Crippen molar-refractivity contribution in [3.05, 3.63) is 144 Å². The summed E-state index contributed by atoms with van der Waals surface area (Å²) in [6, 6.07) is 20.3. The Kier molecular flexibility index (Phi) is 15.7. The smallest absolute Gasteiger partial charge is 0.276 e. The minimum absolute atomic E-state index is 0.601. The van der Waals surface area contributed by atoms with E-state index in [1.807, 2.05) is 48.5 Å². The van der Waals surface area contributed by atoms with E-state index in [4.69, 9.17) is 0 Å². The number of nitrogens with zero attached hydrogens (tertiary/aromatic N) is 4. The fraction of sp³-hybridized carbons (Fsp3) is 0. The second kappa shape index (κ2) is 18.6. The molecule has 0 atom stereocenters. The molecule has 0 aliphatic carbocycles. The lowest BCUT2D eigenvalue weighted by Crippen LogP contribution is -2.39. The van der Waals surface area contributed by atoms with Gasteiger partial charge in [0.2, 0.25) is 0 Å². The van der Waals surface area contributed by atoms with Crippen molar-refractivity contribution in [2.24, 2.45) is 0 Å². The number of hydrogen-bond donors (Lipinski definition) is 2. The Morgan fingerprint density at radius 1 is 0.478 bits per heavy atom. The van der Waals surface area contributed by atoms with E-state index in [9.17, 15) is 60.3 Å². The standard InChI is InChI=1S/2C7H4N2O6.2C6H6IN/c2*10-7(11)4-1-5(8(12)13)3-6(2-4)9(14)15;2*7-5-1-3-6(8)4-2-5/h2*1-3H,(H,10,11);2*1-4H,8H2. The predicted octanol–water partition coefficient (Wildman–Crippen LogP) is 2.06. The molecule has 46 heavy (non-hydrogen) atoms. The highest BCUT2D eigenvalue weighted by molar-refractivity contribution is 14.1. The summed E-state index contributed by atoms with van der Waals surface area (Å²) in [5.74, 6) is -3.41. The molecule has 0 saturated heterocycles. The van der Waals surface area contributed by atoms with Crippen molar-refractivity contribution >= 4 is 91.2 Å². The SMILES string of the molecule is O=C([O-])c1cc([N+](=O)[O-])cc([N+](=O)[O-])c1.O=C([O-])c1cc([N+](=O)[O-])cc([N+](=O)[O-])c1.[NH3+]c1ccc(I)cc1.[NH3+]c1ccc(I)cc1. The molecule has 0 unspecified atom stereocenters. The summed E-state index contributed by atoms with van der Waals surface area (Å²) in [7, 11) is 0. The first kappa shape index (κ1) is 38.8. The molecule has 0 radical (unpaired) electrons. The Morgan fingerprint density at radius 3 is 0.848 bits per heavy atom. The van der Waals surface area contributed by atoms with E-state index >= 15 is 0 Å². The number of benzene rings is 4. The van der Waals surface area contributed by atoms with Gasteiger partial charge in [-0.15, -0.1) is 0 Å². The molecule has 0 aliphatic heterocycles. The van der Waals surface area contributed by atoms with Crippen LogP contribution in [-0.2, 0) is 0 Å². The summed E-state index contributed by atoms with van der Waals surface area (Å²) in [6.07, 6.45) is 0. The number of nitro groups is 4. The molecule has 4 aromatic rings. The third kappa shape index (κ3) is 14.1. The summed E-state index contributed by atoms with van der Waals surface area (Å²) in [6.45, 7) is 0. The van der Waals surface area contributed by atoms with Crippen molar-refractivity contribution in [1.29, 1.82) is 0 Å². The lowest BCUT2D eigenvalue weighted by Gasteiger charge is -2.01. The van der Waals surface area contributed by atoms with Crippen molar-refractivity contribution in [2.45, 2.75) is 0 Å². The van der Waals surface area contributed by atoms with Gasteiger partial charge in [0, 0.05) is 42.5 Å². The molecule has 0 aliphatic rings. The summed E-state index contributed by atoms with van der Waals surface area (Å²) in [5, 5.41) is 62.1.